The number of nitrogens with two attached hydrogens (primary N) is 1. The molecular formula is C11H18N4O6S. The normalized spacial score (nSPS) is 13.5. The van der Waals surface area contributed by atoms with Gasteiger partial charge in [0.15, 0.2) is 0 Å². The van der Waals surface area contributed by atoms with E-state index in [1.54, 1.807) is 20.8 Å². The van der Waals surface area contributed by atoms with Crippen LogP contribution < -0.4 is 11.1 Å². The van der Waals surface area contributed by atoms with Crippen molar-refractivity contribution in [3.8, 4) is 0 Å². The molecule has 10 nitrogen and oxygen atoms in total. The number of hydrogen-bond donors (Lipinski definition) is 2. The van der Waals surface area contributed by atoms with E-state index < -0.39 is 44.5 Å². The minimum Gasteiger partial charge on any atom is -0.444 e. The molecule has 0 radical (unpaired) electrons. The maximum atomic E-state index is 11.7. The van der Waals surface area contributed by atoms with Gasteiger partial charge in [0.2, 0.25) is 21.6 Å². The highest BCUT2D eigenvalue weighted by Crippen LogP contribution is 2.16. The molecule has 0 saturated carbocycles. The molecule has 0 aliphatic heterocycles. The standard InChI is InChI=1S/C11H18N4O6S/c1-6(13-9(17)21-11(2,3)4)8-14-15-10(20-8)22(18,19)5-7(12)16/h6H,5H2,1-4H3,(H2,12,16)(H,13,17). The number of hydrogen-bond acceptors (Lipinski definition) is 8. The van der Waals surface area contributed by atoms with Crippen molar-refractivity contribution < 1.29 is 27.2 Å². The van der Waals surface area contributed by atoms with E-state index in [0.29, 0.717) is 0 Å². The van der Waals surface area contributed by atoms with Crippen LogP contribution in [0.25, 0.3) is 0 Å². The minimum atomic E-state index is -4.09. The van der Waals surface area contributed by atoms with Crippen molar-refractivity contribution in [3.63, 3.8) is 0 Å². The molecule has 1 unspecified atom stereocenters. The van der Waals surface area contributed by atoms with Crippen LogP contribution in [0.2, 0.25) is 0 Å². The molecular weight excluding hydrogens is 316 g/mol. The first-order valence-electron chi connectivity index (χ1n) is 6.25. The van der Waals surface area contributed by atoms with Crippen LogP contribution in [-0.4, -0.2) is 42.0 Å². The number of nitrogens with one attached hydrogen (secondary N) is 1. The van der Waals surface area contributed by atoms with Gasteiger partial charge in [-0.1, -0.05) is 5.10 Å². The number of amides is 2. The average molecular weight is 334 g/mol. The lowest BCUT2D eigenvalue weighted by Gasteiger charge is -2.20. The Morgan fingerprint density at radius 2 is 1.95 bits per heavy atom. The highest BCUT2D eigenvalue weighted by atomic mass is 32.2. The zero-order chi connectivity index (χ0) is 17.1. The molecule has 0 fully saturated rings. The van der Waals surface area contributed by atoms with E-state index in [4.69, 9.17) is 14.9 Å². The number of sulfone groups is 1. The first-order valence-corrected chi connectivity index (χ1v) is 7.90. The SMILES string of the molecule is CC(NC(=O)OC(C)(C)C)c1nnc(S(=O)(=O)CC(N)=O)o1. The van der Waals surface area contributed by atoms with Gasteiger partial charge in [-0.2, -0.15) is 0 Å². The van der Waals surface area contributed by atoms with E-state index in [2.05, 4.69) is 15.5 Å². The molecule has 1 aromatic heterocycles. The summed E-state index contributed by atoms with van der Waals surface area (Å²) in [5, 5.41) is 8.54. The van der Waals surface area contributed by atoms with Gasteiger partial charge in [0.1, 0.15) is 17.4 Å². The van der Waals surface area contributed by atoms with Crippen LogP contribution in [0.15, 0.2) is 9.64 Å². The summed E-state index contributed by atoms with van der Waals surface area (Å²) in [4.78, 5) is 22.3. The molecule has 2 amide bonds. The molecule has 124 valence electrons. The average Bonchev–Trinajstić information content (AvgIpc) is 2.73. The second-order valence-electron chi connectivity index (χ2n) is 5.50. The zero-order valence-corrected chi connectivity index (χ0v) is 13.4. The summed E-state index contributed by atoms with van der Waals surface area (Å²) in [5.74, 6) is -2.13. The van der Waals surface area contributed by atoms with Crippen LogP contribution in [0.5, 0.6) is 0 Å². The Kier molecular flexibility index (Phi) is 5.12. The van der Waals surface area contributed by atoms with Crippen molar-refractivity contribution in [3.05, 3.63) is 5.89 Å². The molecule has 11 heteroatoms. The number of rotatable bonds is 5. The largest absolute Gasteiger partial charge is 0.444 e. The smallest absolute Gasteiger partial charge is 0.408 e. The van der Waals surface area contributed by atoms with Gasteiger partial charge in [-0.05, 0) is 27.7 Å². The van der Waals surface area contributed by atoms with Crippen LogP contribution >= 0.6 is 0 Å². The van der Waals surface area contributed by atoms with Crippen LogP contribution in [0, 0.1) is 0 Å². The first-order chi connectivity index (χ1) is 9.90. The third-order valence-corrected chi connectivity index (χ3v) is 3.49. The summed E-state index contributed by atoms with van der Waals surface area (Å²) in [7, 11) is -4.09. The Bertz CT molecular complexity index is 660. The van der Waals surface area contributed by atoms with Gasteiger partial charge in [-0.3, -0.25) is 4.79 Å². The Morgan fingerprint density at radius 1 is 1.36 bits per heavy atom. The maximum absolute atomic E-state index is 11.7. The van der Waals surface area contributed by atoms with E-state index in [-0.39, 0.29) is 5.89 Å². The second-order valence-corrected chi connectivity index (χ2v) is 7.37. The molecule has 0 bridgehead atoms. The highest BCUT2D eigenvalue weighted by Gasteiger charge is 2.27. The predicted octanol–water partition coefficient (Wildman–Crippen LogP) is -0.0857. The molecule has 0 aliphatic rings. The fraction of sp³-hybridized carbons (Fsp3) is 0.636. The monoisotopic (exact) mass is 334 g/mol. The molecule has 1 atom stereocenters. The van der Waals surface area contributed by atoms with Crippen molar-refractivity contribution in [2.75, 3.05) is 5.75 Å². The topological polar surface area (TPSA) is 154 Å². The highest BCUT2D eigenvalue weighted by molar-refractivity contribution is 7.91. The lowest BCUT2D eigenvalue weighted by molar-refractivity contribution is -0.115. The summed E-state index contributed by atoms with van der Waals surface area (Å²) in [5.41, 5.74) is 4.14. The third-order valence-electron chi connectivity index (χ3n) is 2.12. The lowest BCUT2D eigenvalue weighted by Crippen LogP contribution is -2.34. The summed E-state index contributed by atoms with van der Waals surface area (Å²) in [6.45, 7) is 6.58. The fourth-order valence-corrected chi connectivity index (χ4v) is 2.19. The van der Waals surface area contributed by atoms with Crippen molar-refractivity contribution in [1.29, 1.82) is 0 Å². The van der Waals surface area contributed by atoms with Crippen LogP contribution in [0.4, 0.5) is 4.79 Å². The van der Waals surface area contributed by atoms with Crippen LogP contribution in [-0.2, 0) is 19.4 Å². The second kappa shape index (κ2) is 6.30. The van der Waals surface area contributed by atoms with Gasteiger partial charge >= 0.3 is 11.3 Å². The Labute approximate surface area is 127 Å². The van der Waals surface area contributed by atoms with E-state index in [1.165, 1.54) is 6.92 Å². The zero-order valence-electron chi connectivity index (χ0n) is 12.6. The Hall–Kier alpha value is -2.17. The lowest BCUT2D eigenvalue weighted by atomic mass is 10.2. The molecule has 1 aromatic rings. The van der Waals surface area contributed by atoms with E-state index in [0.717, 1.165) is 0 Å². The minimum absolute atomic E-state index is 0.145. The maximum Gasteiger partial charge on any atom is 0.408 e. The molecule has 0 aromatic carbocycles. The number of primary amides is 1. The number of carbonyl (C=O) groups excluding carboxylic acids is 2. The molecule has 0 saturated heterocycles. The Balaban J connectivity index is 2.79. The summed E-state index contributed by atoms with van der Waals surface area (Å²) >= 11 is 0. The quantitative estimate of drug-likeness (QED) is 0.757. The number of ether oxygens (including phenoxy) is 1. The van der Waals surface area contributed by atoms with Gasteiger partial charge in [0.05, 0.1) is 0 Å². The van der Waals surface area contributed by atoms with Crippen LogP contribution in [0.3, 0.4) is 0 Å². The summed E-state index contributed by atoms with van der Waals surface area (Å²) in [6.07, 6.45) is -0.722. The van der Waals surface area contributed by atoms with Crippen molar-refractivity contribution in [2.45, 2.75) is 44.6 Å². The number of nitrogens with zero attached hydrogens (tertiary/aromatic N) is 2. The third kappa shape index (κ3) is 5.31. The fourth-order valence-electron chi connectivity index (χ4n) is 1.32. The van der Waals surface area contributed by atoms with Gasteiger partial charge in [-0.15, -0.1) is 5.10 Å². The molecule has 1 rings (SSSR count). The van der Waals surface area contributed by atoms with E-state index in [9.17, 15) is 18.0 Å². The molecule has 1 heterocycles. The first kappa shape index (κ1) is 17.9. The van der Waals surface area contributed by atoms with Crippen molar-refractivity contribution in [1.82, 2.24) is 15.5 Å². The van der Waals surface area contributed by atoms with Crippen molar-refractivity contribution in [2.24, 2.45) is 5.73 Å². The number of aromatic nitrogens is 2. The number of alkyl carbamates (subject to hydrolysis) is 1. The summed E-state index contributed by atoms with van der Waals surface area (Å²) < 4.78 is 33.3. The Morgan fingerprint density at radius 3 is 2.45 bits per heavy atom. The van der Waals surface area contributed by atoms with E-state index in [1.807, 2.05) is 0 Å². The van der Waals surface area contributed by atoms with E-state index >= 15 is 0 Å². The number of carbonyl (C=O) groups is 2. The molecule has 3 N–H and O–H groups in total. The van der Waals surface area contributed by atoms with Gasteiger partial charge < -0.3 is 20.2 Å². The van der Waals surface area contributed by atoms with Crippen molar-refractivity contribution >= 4 is 21.8 Å². The summed E-state index contributed by atoms with van der Waals surface area (Å²) in [6, 6.07) is -0.778. The van der Waals surface area contributed by atoms with Gasteiger partial charge in [-0.25, -0.2) is 13.2 Å². The van der Waals surface area contributed by atoms with Crippen LogP contribution in [0.1, 0.15) is 39.6 Å². The molecule has 22 heavy (non-hydrogen) atoms. The predicted molar refractivity (Wildman–Crippen MR) is 73.3 cm³/mol. The molecule has 0 aliphatic carbocycles. The van der Waals surface area contributed by atoms with Gasteiger partial charge in [0, 0.05) is 0 Å². The van der Waals surface area contributed by atoms with Gasteiger partial charge in [0.25, 0.3) is 0 Å². The molecule has 0 spiro atoms.